The second-order valence-corrected chi connectivity index (χ2v) is 2.77. The number of hydrogen-bond acceptors (Lipinski definition) is 2. The molecule has 0 spiro atoms. The van der Waals surface area contributed by atoms with Crippen molar-refractivity contribution < 1.29 is 4.74 Å². The van der Waals surface area contributed by atoms with Gasteiger partial charge >= 0.3 is 0 Å². The van der Waals surface area contributed by atoms with E-state index >= 15 is 0 Å². The van der Waals surface area contributed by atoms with Crippen LogP contribution in [0, 0.1) is 5.92 Å². The first-order chi connectivity index (χ1) is 5.88. The Hall–Kier alpha value is -0.600. The van der Waals surface area contributed by atoms with E-state index in [-0.39, 0.29) is 0 Å². The molecule has 0 N–H and O–H groups in total. The van der Waals surface area contributed by atoms with Gasteiger partial charge in [-0.1, -0.05) is 18.7 Å². The van der Waals surface area contributed by atoms with E-state index in [0.717, 1.165) is 18.9 Å². The van der Waals surface area contributed by atoms with E-state index in [1.54, 1.807) is 6.08 Å². The molecule has 1 rings (SSSR count). The van der Waals surface area contributed by atoms with Crippen LogP contribution in [0.4, 0.5) is 0 Å². The van der Waals surface area contributed by atoms with E-state index in [2.05, 4.69) is 11.6 Å². The van der Waals surface area contributed by atoms with Gasteiger partial charge in [-0.2, -0.15) is 0 Å². The third-order valence-corrected chi connectivity index (χ3v) is 1.82. The van der Waals surface area contributed by atoms with Crippen molar-refractivity contribution >= 4 is 17.3 Å². The van der Waals surface area contributed by atoms with Crippen LogP contribution < -0.4 is 0 Å². The van der Waals surface area contributed by atoms with Crippen molar-refractivity contribution in [1.82, 2.24) is 0 Å². The van der Waals surface area contributed by atoms with Crippen LogP contribution in [0.5, 0.6) is 0 Å². The fourth-order valence-corrected chi connectivity index (χ4v) is 1.10. The Labute approximate surface area is 77.6 Å². The molecular formula is C9H12ClNO. The zero-order chi connectivity index (χ0) is 8.81. The van der Waals surface area contributed by atoms with Crippen LogP contribution in [0.3, 0.4) is 0 Å². The maximum Gasteiger partial charge on any atom is 0.113 e. The normalized spacial score (nSPS) is 19.6. The molecule has 1 aliphatic rings. The van der Waals surface area contributed by atoms with Gasteiger partial charge in [0.2, 0.25) is 0 Å². The molecule has 0 aromatic carbocycles. The Morgan fingerprint density at radius 1 is 1.67 bits per heavy atom. The molecule has 1 aliphatic heterocycles. The molecule has 1 saturated heterocycles. The van der Waals surface area contributed by atoms with Crippen LogP contribution >= 0.6 is 11.6 Å². The number of ether oxygens (including phenoxy) is 1. The van der Waals surface area contributed by atoms with Gasteiger partial charge in [-0.3, -0.25) is 4.99 Å². The summed E-state index contributed by atoms with van der Waals surface area (Å²) < 4.78 is 5.06. The SMILES string of the molecule is C=C/C=C\C(=NCCl)C1COC1. The summed E-state index contributed by atoms with van der Waals surface area (Å²) in [6, 6.07) is 0.313. The van der Waals surface area contributed by atoms with E-state index in [4.69, 9.17) is 16.3 Å². The first-order valence-corrected chi connectivity index (χ1v) is 4.39. The number of rotatable bonds is 4. The van der Waals surface area contributed by atoms with Gasteiger partial charge in [0.05, 0.1) is 13.2 Å². The highest BCUT2D eigenvalue weighted by atomic mass is 35.5. The summed E-state index contributed by atoms with van der Waals surface area (Å²) in [5.74, 6) is 0.431. The van der Waals surface area contributed by atoms with Crippen molar-refractivity contribution in [3.8, 4) is 0 Å². The molecule has 0 bridgehead atoms. The third-order valence-electron chi connectivity index (χ3n) is 1.70. The highest BCUT2D eigenvalue weighted by Crippen LogP contribution is 2.13. The average Bonchev–Trinajstić information content (AvgIpc) is 1.97. The van der Waals surface area contributed by atoms with Crippen molar-refractivity contribution in [3.63, 3.8) is 0 Å². The van der Waals surface area contributed by atoms with E-state index < -0.39 is 0 Å². The lowest BCUT2D eigenvalue weighted by atomic mass is 10.0. The standard InChI is InChI=1S/C9H12ClNO/c1-2-3-4-9(11-7-10)8-5-12-6-8/h2-4,8H,1,5-7H2/b4-3-,11-9?. The van der Waals surface area contributed by atoms with Crippen molar-refractivity contribution in [1.29, 1.82) is 0 Å². The van der Waals surface area contributed by atoms with Gasteiger partial charge in [0, 0.05) is 11.6 Å². The lowest BCUT2D eigenvalue weighted by Crippen LogP contribution is -2.33. The van der Waals surface area contributed by atoms with Gasteiger partial charge < -0.3 is 4.74 Å². The maximum absolute atomic E-state index is 5.51. The summed E-state index contributed by atoms with van der Waals surface area (Å²) >= 11 is 5.51. The highest BCUT2D eigenvalue weighted by Gasteiger charge is 2.22. The Morgan fingerprint density at radius 2 is 2.42 bits per heavy atom. The summed E-state index contributed by atoms with van der Waals surface area (Å²) in [6.45, 7) is 5.11. The molecular weight excluding hydrogens is 174 g/mol. The number of allylic oxidation sites excluding steroid dienone is 3. The number of hydrogen-bond donors (Lipinski definition) is 0. The molecule has 3 heteroatoms. The van der Waals surface area contributed by atoms with Crippen molar-refractivity contribution in [2.75, 3.05) is 19.2 Å². The maximum atomic E-state index is 5.51. The van der Waals surface area contributed by atoms with E-state index in [9.17, 15) is 0 Å². The quantitative estimate of drug-likeness (QED) is 0.284. The molecule has 66 valence electrons. The van der Waals surface area contributed by atoms with Gasteiger partial charge in [0.1, 0.15) is 6.00 Å². The molecule has 1 fully saturated rings. The lowest BCUT2D eigenvalue weighted by molar-refractivity contribution is 0.00226. The molecule has 2 nitrogen and oxygen atoms in total. The van der Waals surface area contributed by atoms with Crippen molar-refractivity contribution in [2.24, 2.45) is 10.9 Å². The molecule has 1 heterocycles. The number of aliphatic imine (C=N–C) groups is 1. The summed E-state index contributed by atoms with van der Waals surface area (Å²) in [5, 5.41) is 0. The van der Waals surface area contributed by atoms with Gasteiger partial charge in [-0.05, 0) is 6.08 Å². The fraction of sp³-hybridized carbons (Fsp3) is 0.444. The molecule has 0 amide bonds. The molecule has 0 aromatic rings. The zero-order valence-corrected chi connectivity index (χ0v) is 7.63. The second-order valence-electron chi connectivity index (χ2n) is 2.53. The van der Waals surface area contributed by atoms with Crippen molar-refractivity contribution in [2.45, 2.75) is 0 Å². The van der Waals surface area contributed by atoms with Gasteiger partial charge in [0.15, 0.2) is 0 Å². The Balaban J connectivity index is 2.53. The van der Waals surface area contributed by atoms with Crippen LogP contribution in [0.25, 0.3) is 0 Å². The predicted molar refractivity (Wildman–Crippen MR) is 51.8 cm³/mol. The molecule has 0 saturated carbocycles. The molecule has 12 heavy (non-hydrogen) atoms. The Kier molecular flexibility index (Phi) is 4.05. The van der Waals surface area contributed by atoms with Gasteiger partial charge in [-0.15, -0.1) is 11.6 Å². The minimum atomic E-state index is 0.313. The van der Waals surface area contributed by atoms with Crippen molar-refractivity contribution in [3.05, 3.63) is 24.8 Å². The second kappa shape index (κ2) is 5.12. The minimum absolute atomic E-state index is 0.313. The minimum Gasteiger partial charge on any atom is -0.380 e. The smallest absolute Gasteiger partial charge is 0.113 e. The Bertz CT molecular complexity index is 207. The number of halogens is 1. The first kappa shape index (κ1) is 9.49. The average molecular weight is 186 g/mol. The third kappa shape index (κ3) is 2.47. The zero-order valence-electron chi connectivity index (χ0n) is 6.87. The summed E-state index contributed by atoms with van der Waals surface area (Å²) in [5.41, 5.74) is 1.01. The fourth-order valence-electron chi connectivity index (χ4n) is 0.960. The molecule has 0 aliphatic carbocycles. The first-order valence-electron chi connectivity index (χ1n) is 3.85. The van der Waals surface area contributed by atoms with Crippen LogP contribution in [0.1, 0.15) is 0 Å². The summed E-state index contributed by atoms with van der Waals surface area (Å²) in [7, 11) is 0. The number of alkyl halides is 1. The largest absolute Gasteiger partial charge is 0.380 e. The number of nitrogens with zero attached hydrogens (tertiary/aromatic N) is 1. The molecule has 0 radical (unpaired) electrons. The van der Waals surface area contributed by atoms with Crippen LogP contribution in [-0.4, -0.2) is 24.9 Å². The summed E-state index contributed by atoms with van der Waals surface area (Å²) in [6.07, 6.45) is 5.52. The Morgan fingerprint density at radius 3 is 2.83 bits per heavy atom. The topological polar surface area (TPSA) is 21.6 Å². The molecule has 0 atom stereocenters. The van der Waals surface area contributed by atoms with E-state index in [0.29, 0.717) is 11.9 Å². The van der Waals surface area contributed by atoms with Crippen LogP contribution in [0.2, 0.25) is 0 Å². The van der Waals surface area contributed by atoms with E-state index in [1.165, 1.54) is 0 Å². The molecule has 0 unspecified atom stereocenters. The van der Waals surface area contributed by atoms with E-state index in [1.807, 2.05) is 12.2 Å². The predicted octanol–water partition coefficient (Wildman–Crippen LogP) is 2.01. The van der Waals surface area contributed by atoms with Crippen LogP contribution in [0.15, 0.2) is 29.8 Å². The monoisotopic (exact) mass is 185 g/mol. The molecule has 0 aromatic heterocycles. The lowest BCUT2D eigenvalue weighted by Gasteiger charge is -2.25. The van der Waals surface area contributed by atoms with Gasteiger partial charge in [0.25, 0.3) is 0 Å². The summed E-state index contributed by atoms with van der Waals surface area (Å²) in [4.78, 5) is 4.15. The van der Waals surface area contributed by atoms with Gasteiger partial charge in [-0.25, -0.2) is 0 Å². The van der Waals surface area contributed by atoms with Crippen LogP contribution in [-0.2, 0) is 4.74 Å². The highest BCUT2D eigenvalue weighted by molar-refractivity contribution is 6.18.